The largest absolute Gasteiger partial charge is 0.462 e. The molecule has 0 aliphatic heterocycles. The predicted molar refractivity (Wildman–Crippen MR) is 70.4 cm³/mol. The van der Waals surface area contributed by atoms with Gasteiger partial charge >= 0.3 is 5.97 Å². The zero-order valence-electron chi connectivity index (χ0n) is 10.7. The Morgan fingerprint density at radius 3 is 2.71 bits per heavy atom. The number of nitrogens with zero attached hydrogens (tertiary/aromatic N) is 1. The van der Waals surface area contributed by atoms with Gasteiger partial charge in [-0.25, -0.2) is 4.79 Å². The lowest BCUT2D eigenvalue weighted by atomic mass is 10.1. The second-order valence-electron chi connectivity index (χ2n) is 3.89. The summed E-state index contributed by atoms with van der Waals surface area (Å²) in [5.74, 6) is -0.322. The van der Waals surface area contributed by atoms with Gasteiger partial charge in [0.15, 0.2) is 0 Å². The molecule has 0 aliphatic carbocycles. The molecule has 1 aromatic carbocycles. The third-order valence-electron chi connectivity index (χ3n) is 2.50. The van der Waals surface area contributed by atoms with Gasteiger partial charge in [-0.3, -0.25) is 0 Å². The molecule has 0 fully saturated rings. The number of nitrogen functional groups attached to an aromatic ring is 1. The summed E-state index contributed by atoms with van der Waals surface area (Å²) in [6.45, 7) is 5.09. The summed E-state index contributed by atoms with van der Waals surface area (Å²) in [5.41, 5.74) is 7.83. The van der Waals surface area contributed by atoms with Crippen LogP contribution in [0.2, 0.25) is 0 Å². The average molecular weight is 236 g/mol. The molecule has 0 unspecified atom stereocenters. The van der Waals surface area contributed by atoms with Crippen molar-refractivity contribution in [2.24, 2.45) is 0 Å². The number of para-hydroxylation sites is 1. The maximum absolute atomic E-state index is 11.8. The molecule has 0 saturated carbocycles. The Bertz CT molecular complexity index is 391. The van der Waals surface area contributed by atoms with E-state index in [2.05, 4.69) is 6.92 Å². The van der Waals surface area contributed by atoms with Gasteiger partial charge in [0.05, 0.1) is 23.5 Å². The lowest BCUT2D eigenvalue weighted by molar-refractivity contribution is 0.0527. The minimum absolute atomic E-state index is 0.322. The Morgan fingerprint density at radius 1 is 1.41 bits per heavy atom. The first-order valence-electron chi connectivity index (χ1n) is 5.88. The standard InChI is InChI=1S/C13H20N2O2/c1-4-9-15(3)12-10(13(16)17-5-2)7-6-8-11(12)14/h6-8H,4-5,9,14H2,1-3H3. The van der Waals surface area contributed by atoms with E-state index in [0.717, 1.165) is 18.7 Å². The first kappa shape index (κ1) is 13.4. The molecule has 0 bridgehead atoms. The van der Waals surface area contributed by atoms with Crippen molar-refractivity contribution in [3.05, 3.63) is 23.8 Å². The summed E-state index contributed by atoms with van der Waals surface area (Å²) < 4.78 is 5.03. The highest BCUT2D eigenvalue weighted by molar-refractivity contribution is 5.99. The Morgan fingerprint density at radius 2 is 2.12 bits per heavy atom. The SMILES string of the molecule is CCCN(C)c1c(N)cccc1C(=O)OCC. The summed E-state index contributed by atoms with van der Waals surface area (Å²) in [6, 6.07) is 5.31. The quantitative estimate of drug-likeness (QED) is 0.629. The fourth-order valence-corrected chi connectivity index (χ4v) is 1.81. The van der Waals surface area contributed by atoms with Crippen molar-refractivity contribution in [3.8, 4) is 0 Å². The number of rotatable bonds is 5. The topological polar surface area (TPSA) is 55.6 Å². The van der Waals surface area contributed by atoms with Gasteiger partial charge in [0.1, 0.15) is 0 Å². The van der Waals surface area contributed by atoms with Crippen LogP contribution in [0.4, 0.5) is 11.4 Å². The van der Waals surface area contributed by atoms with E-state index < -0.39 is 0 Å². The number of nitrogens with two attached hydrogens (primary N) is 1. The number of carbonyl (C=O) groups is 1. The van der Waals surface area contributed by atoms with Crippen LogP contribution in [0, 0.1) is 0 Å². The number of hydrogen-bond donors (Lipinski definition) is 1. The molecular weight excluding hydrogens is 216 g/mol. The zero-order valence-corrected chi connectivity index (χ0v) is 10.7. The monoisotopic (exact) mass is 236 g/mol. The van der Waals surface area contributed by atoms with E-state index >= 15 is 0 Å². The molecule has 0 radical (unpaired) electrons. The normalized spacial score (nSPS) is 10.1. The van der Waals surface area contributed by atoms with Crippen LogP contribution < -0.4 is 10.6 Å². The molecule has 2 N–H and O–H groups in total. The second kappa shape index (κ2) is 6.13. The van der Waals surface area contributed by atoms with Crippen molar-refractivity contribution >= 4 is 17.3 Å². The van der Waals surface area contributed by atoms with Crippen molar-refractivity contribution in [2.45, 2.75) is 20.3 Å². The summed E-state index contributed by atoms with van der Waals surface area (Å²) in [6.07, 6.45) is 0.993. The Hall–Kier alpha value is -1.71. The van der Waals surface area contributed by atoms with Gasteiger partial charge < -0.3 is 15.4 Å². The minimum Gasteiger partial charge on any atom is -0.462 e. The van der Waals surface area contributed by atoms with Crippen molar-refractivity contribution in [1.29, 1.82) is 0 Å². The predicted octanol–water partition coefficient (Wildman–Crippen LogP) is 2.29. The van der Waals surface area contributed by atoms with Crippen LogP contribution in [0.5, 0.6) is 0 Å². The molecule has 0 aromatic heterocycles. The summed E-state index contributed by atoms with van der Waals surface area (Å²) >= 11 is 0. The van der Waals surface area contributed by atoms with Gasteiger partial charge in [-0.2, -0.15) is 0 Å². The third kappa shape index (κ3) is 3.12. The molecule has 0 amide bonds. The number of anilines is 2. The molecule has 0 spiro atoms. The number of esters is 1. The highest BCUT2D eigenvalue weighted by Crippen LogP contribution is 2.27. The van der Waals surface area contributed by atoms with Crippen LogP contribution in [-0.2, 0) is 4.74 Å². The van der Waals surface area contributed by atoms with Crippen molar-refractivity contribution < 1.29 is 9.53 Å². The van der Waals surface area contributed by atoms with E-state index in [1.54, 1.807) is 25.1 Å². The molecule has 4 heteroatoms. The third-order valence-corrected chi connectivity index (χ3v) is 2.50. The fraction of sp³-hybridized carbons (Fsp3) is 0.462. The molecule has 17 heavy (non-hydrogen) atoms. The zero-order chi connectivity index (χ0) is 12.8. The van der Waals surface area contributed by atoms with Crippen molar-refractivity contribution in [3.63, 3.8) is 0 Å². The van der Waals surface area contributed by atoms with E-state index in [4.69, 9.17) is 10.5 Å². The van der Waals surface area contributed by atoms with Gasteiger partial charge in [-0.15, -0.1) is 0 Å². The summed E-state index contributed by atoms with van der Waals surface area (Å²) in [7, 11) is 1.93. The van der Waals surface area contributed by atoms with Crippen LogP contribution in [0.25, 0.3) is 0 Å². The number of carbonyl (C=O) groups excluding carboxylic acids is 1. The number of hydrogen-bond acceptors (Lipinski definition) is 4. The smallest absolute Gasteiger partial charge is 0.340 e. The molecule has 0 heterocycles. The molecule has 94 valence electrons. The molecule has 1 rings (SSSR count). The van der Waals surface area contributed by atoms with Gasteiger partial charge in [-0.05, 0) is 25.5 Å². The Balaban J connectivity index is 3.12. The first-order chi connectivity index (χ1) is 8.11. The molecule has 0 atom stereocenters. The van der Waals surface area contributed by atoms with E-state index in [-0.39, 0.29) is 5.97 Å². The molecular formula is C13H20N2O2. The minimum atomic E-state index is -0.322. The van der Waals surface area contributed by atoms with Crippen LogP contribution in [0.1, 0.15) is 30.6 Å². The molecule has 0 saturated heterocycles. The van der Waals surface area contributed by atoms with Gasteiger partial charge in [0.2, 0.25) is 0 Å². The maximum atomic E-state index is 11.8. The second-order valence-corrected chi connectivity index (χ2v) is 3.89. The van der Waals surface area contributed by atoms with Gasteiger partial charge in [0, 0.05) is 13.6 Å². The van der Waals surface area contributed by atoms with E-state index in [1.165, 1.54) is 0 Å². The van der Waals surface area contributed by atoms with Crippen LogP contribution in [0.15, 0.2) is 18.2 Å². The van der Waals surface area contributed by atoms with E-state index in [0.29, 0.717) is 17.9 Å². The summed E-state index contributed by atoms with van der Waals surface area (Å²) in [4.78, 5) is 13.8. The highest BCUT2D eigenvalue weighted by atomic mass is 16.5. The van der Waals surface area contributed by atoms with Crippen LogP contribution in [-0.4, -0.2) is 26.2 Å². The number of ether oxygens (including phenoxy) is 1. The number of benzene rings is 1. The van der Waals surface area contributed by atoms with Crippen molar-refractivity contribution in [2.75, 3.05) is 30.8 Å². The average Bonchev–Trinajstić information content (AvgIpc) is 2.29. The highest BCUT2D eigenvalue weighted by Gasteiger charge is 2.17. The maximum Gasteiger partial charge on any atom is 0.340 e. The fourth-order valence-electron chi connectivity index (χ4n) is 1.81. The molecule has 1 aromatic rings. The van der Waals surface area contributed by atoms with E-state index in [1.807, 2.05) is 11.9 Å². The molecule has 0 aliphatic rings. The Kier molecular flexibility index (Phi) is 4.82. The van der Waals surface area contributed by atoms with Crippen LogP contribution in [0.3, 0.4) is 0 Å². The lowest BCUT2D eigenvalue weighted by Crippen LogP contribution is -2.22. The van der Waals surface area contributed by atoms with E-state index in [9.17, 15) is 4.79 Å². The van der Waals surface area contributed by atoms with Gasteiger partial charge in [0.25, 0.3) is 0 Å². The summed E-state index contributed by atoms with van der Waals surface area (Å²) in [5, 5.41) is 0. The molecule has 4 nitrogen and oxygen atoms in total. The van der Waals surface area contributed by atoms with Gasteiger partial charge in [-0.1, -0.05) is 13.0 Å². The van der Waals surface area contributed by atoms with Crippen molar-refractivity contribution in [1.82, 2.24) is 0 Å². The Labute approximate surface area is 102 Å². The first-order valence-corrected chi connectivity index (χ1v) is 5.88. The van der Waals surface area contributed by atoms with Crippen LogP contribution >= 0.6 is 0 Å². The lowest BCUT2D eigenvalue weighted by Gasteiger charge is -2.22.